The van der Waals surface area contributed by atoms with Crippen LogP contribution < -0.4 is 5.73 Å². The summed E-state index contributed by atoms with van der Waals surface area (Å²) in [5, 5.41) is -0.494. The third kappa shape index (κ3) is 1.90. The number of sulfone groups is 1. The smallest absolute Gasteiger partial charge is 0.236 e. The van der Waals surface area contributed by atoms with Gasteiger partial charge in [-0.15, -0.1) is 0 Å². The van der Waals surface area contributed by atoms with Gasteiger partial charge in [0.2, 0.25) is 5.91 Å². The lowest BCUT2D eigenvalue weighted by Gasteiger charge is -2.37. The van der Waals surface area contributed by atoms with Gasteiger partial charge >= 0.3 is 0 Å². The molecule has 1 saturated heterocycles. The van der Waals surface area contributed by atoms with Crippen molar-refractivity contribution in [1.82, 2.24) is 4.90 Å². The van der Waals surface area contributed by atoms with Crippen LogP contribution in [0, 0.1) is 0 Å². The lowest BCUT2D eigenvalue weighted by molar-refractivity contribution is -0.131. The topological polar surface area (TPSA) is 80.5 Å². The molecule has 0 saturated carbocycles. The number of hydrogen-bond donors (Lipinski definition) is 1. The predicted molar refractivity (Wildman–Crippen MR) is 53.5 cm³/mol. The minimum absolute atomic E-state index is 0.0459. The molecule has 1 aliphatic rings. The Morgan fingerprint density at radius 2 is 2.07 bits per heavy atom. The molecule has 1 amide bonds. The average Bonchev–Trinajstić information content (AvgIpc) is 2.14. The molecule has 1 heterocycles. The summed E-state index contributed by atoms with van der Waals surface area (Å²) in [6, 6.07) is -0.273. The maximum Gasteiger partial charge on any atom is 0.236 e. The van der Waals surface area contributed by atoms with Crippen molar-refractivity contribution in [3.63, 3.8) is 0 Å². The summed E-state index contributed by atoms with van der Waals surface area (Å²) in [5.41, 5.74) is 5.24. The van der Waals surface area contributed by atoms with Crippen LogP contribution >= 0.6 is 0 Å². The largest absolute Gasteiger partial charge is 0.337 e. The van der Waals surface area contributed by atoms with Crippen molar-refractivity contribution in [3.8, 4) is 0 Å². The highest BCUT2D eigenvalue weighted by atomic mass is 32.2. The third-order valence-electron chi connectivity index (χ3n) is 2.85. The minimum Gasteiger partial charge on any atom is -0.337 e. The Morgan fingerprint density at radius 1 is 1.50 bits per heavy atom. The molecule has 1 aliphatic heterocycles. The summed E-state index contributed by atoms with van der Waals surface area (Å²) >= 11 is 0. The van der Waals surface area contributed by atoms with Crippen LogP contribution in [0.15, 0.2) is 0 Å². The van der Waals surface area contributed by atoms with Gasteiger partial charge in [-0.25, -0.2) is 8.42 Å². The molecule has 0 aromatic carbocycles. The molecule has 0 bridgehead atoms. The highest BCUT2D eigenvalue weighted by Crippen LogP contribution is 2.18. The Bertz CT molecular complexity index is 325. The Labute approximate surface area is 84.2 Å². The number of amides is 1. The molecule has 0 spiro atoms. The summed E-state index contributed by atoms with van der Waals surface area (Å²) in [6.45, 7) is 3.59. The summed E-state index contributed by atoms with van der Waals surface area (Å²) in [6.07, 6.45) is 0. The van der Waals surface area contributed by atoms with E-state index in [1.165, 1.54) is 0 Å². The molecular formula is C8H16N2O3S. The SMILES string of the molecule is CC1C(C)S(=O)(=O)CCN1C(=O)CN. The molecule has 6 heteroatoms. The molecular weight excluding hydrogens is 204 g/mol. The molecule has 0 aromatic heterocycles. The van der Waals surface area contributed by atoms with Crippen LogP contribution in [0.2, 0.25) is 0 Å². The Hall–Kier alpha value is -0.620. The van der Waals surface area contributed by atoms with Gasteiger partial charge in [0.05, 0.1) is 17.5 Å². The van der Waals surface area contributed by atoms with E-state index in [-0.39, 0.29) is 30.8 Å². The fraction of sp³-hybridized carbons (Fsp3) is 0.875. The van der Waals surface area contributed by atoms with Gasteiger partial charge in [0.1, 0.15) is 0 Å². The fourth-order valence-corrected chi connectivity index (χ4v) is 3.21. The van der Waals surface area contributed by atoms with E-state index < -0.39 is 15.1 Å². The van der Waals surface area contributed by atoms with Crippen LogP contribution in [0.1, 0.15) is 13.8 Å². The highest BCUT2D eigenvalue weighted by Gasteiger charge is 2.37. The zero-order valence-corrected chi connectivity index (χ0v) is 9.25. The number of hydrogen-bond acceptors (Lipinski definition) is 4. The normalized spacial score (nSPS) is 31.5. The van der Waals surface area contributed by atoms with Gasteiger partial charge in [-0.3, -0.25) is 4.79 Å². The van der Waals surface area contributed by atoms with Crippen LogP contribution in [-0.2, 0) is 14.6 Å². The third-order valence-corrected chi connectivity index (χ3v) is 5.13. The molecule has 0 aliphatic carbocycles. The lowest BCUT2D eigenvalue weighted by atomic mass is 10.2. The van der Waals surface area contributed by atoms with Crippen molar-refractivity contribution < 1.29 is 13.2 Å². The molecule has 1 rings (SSSR count). The van der Waals surface area contributed by atoms with Gasteiger partial charge in [-0.1, -0.05) is 0 Å². The molecule has 82 valence electrons. The Morgan fingerprint density at radius 3 is 2.57 bits per heavy atom. The number of nitrogens with zero attached hydrogens (tertiary/aromatic N) is 1. The molecule has 2 N–H and O–H groups in total. The van der Waals surface area contributed by atoms with Crippen LogP contribution in [-0.4, -0.2) is 49.4 Å². The van der Waals surface area contributed by atoms with Crippen molar-refractivity contribution in [2.75, 3.05) is 18.8 Å². The van der Waals surface area contributed by atoms with Crippen molar-refractivity contribution in [2.24, 2.45) is 5.73 Å². The molecule has 14 heavy (non-hydrogen) atoms. The van der Waals surface area contributed by atoms with Crippen LogP contribution in [0.5, 0.6) is 0 Å². The second kappa shape index (κ2) is 3.86. The van der Waals surface area contributed by atoms with Gasteiger partial charge in [0.25, 0.3) is 0 Å². The summed E-state index contributed by atoms with van der Waals surface area (Å²) in [7, 11) is -3.02. The molecule has 5 nitrogen and oxygen atoms in total. The predicted octanol–water partition coefficient (Wildman–Crippen LogP) is -1.02. The fourth-order valence-electron chi connectivity index (χ4n) is 1.64. The van der Waals surface area contributed by atoms with Crippen molar-refractivity contribution in [2.45, 2.75) is 25.1 Å². The van der Waals surface area contributed by atoms with Crippen molar-refractivity contribution in [3.05, 3.63) is 0 Å². The van der Waals surface area contributed by atoms with Crippen LogP contribution in [0.25, 0.3) is 0 Å². The average molecular weight is 220 g/mol. The zero-order chi connectivity index (χ0) is 10.9. The molecule has 0 radical (unpaired) electrons. The van der Waals surface area contributed by atoms with E-state index in [1.807, 2.05) is 0 Å². The minimum atomic E-state index is -3.02. The van der Waals surface area contributed by atoms with Gasteiger partial charge in [-0.2, -0.15) is 0 Å². The summed E-state index contributed by atoms with van der Waals surface area (Å²) in [5.74, 6) is -0.135. The van der Waals surface area contributed by atoms with E-state index in [4.69, 9.17) is 5.73 Å². The van der Waals surface area contributed by atoms with Crippen LogP contribution in [0.4, 0.5) is 0 Å². The number of carbonyl (C=O) groups is 1. The quantitative estimate of drug-likeness (QED) is 0.613. The van der Waals surface area contributed by atoms with Crippen molar-refractivity contribution in [1.29, 1.82) is 0 Å². The molecule has 1 fully saturated rings. The molecule has 2 unspecified atom stereocenters. The van der Waals surface area contributed by atoms with Crippen LogP contribution in [0.3, 0.4) is 0 Å². The van der Waals surface area contributed by atoms with E-state index in [9.17, 15) is 13.2 Å². The zero-order valence-electron chi connectivity index (χ0n) is 8.43. The first-order valence-corrected chi connectivity index (χ1v) is 6.33. The number of rotatable bonds is 1. The van der Waals surface area contributed by atoms with E-state index in [1.54, 1.807) is 18.7 Å². The Balaban J connectivity index is 2.84. The van der Waals surface area contributed by atoms with E-state index >= 15 is 0 Å². The van der Waals surface area contributed by atoms with Gasteiger partial charge in [-0.05, 0) is 13.8 Å². The van der Waals surface area contributed by atoms with E-state index in [0.717, 1.165) is 0 Å². The van der Waals surface area contributed by atoms with Gasteiger partial charge in [0.15, 0.2) is 9.84 Å². The number of nitrogens with two attached hydrogens (primary N) is 1. The summed E-state index contributed by atoms with van der Waals surface area (Å²) in [4.78, 5) is 12.9. The lowest BCUT2D eigenvalue weighted by Crippen LogP contribution is -2.55. The molecule has 0 aromatic rings. The van der Waals surface area contributed by atoms with E-state index in [2.05, 4.69) is 0 Å². The highest BCUT2D eigenvalue weighted by molar-refractivity contribution is 7.92. The first kappa shape index (κ1) is 11.5. The van der Waals surface area contributed by atoms with Gasteiger partial charge in [0, 0.05) is 12.6 Å². The number of carbonyl (C=O) groups excluding carboxylic acids is 1. The maximum atomic E-state index is 11.5. The second-order valence-corrected chi connectivity index (χ2v) is 6.08. The van der Waals surface area contributed by atoms with Gasteiger partial charge < -0.3 is 10.6 Å². The van der Waals surface area contributed by atoms with Crippen molar-refractivity contribution >= 4 is 15.7 Å². The Kier molecular flexibility index (Phi) is 3.16. The second-order valence-electron chi connectivity index (χ2n) is 3.60. The van der Waals surface area contributed by atoms with E-state index in [0.29, 0.717) is 0 Å². The summed E-state index contributed by atoms with van der Waals surface area (Å²) < 4.78 is 23.0. The standard InChI is InChI=1S/C8H16N2O3S/c1-6-7(2)14(12,13)4-3-10(6)8(11)5-9/h6-7H,3-5,9H2,1-2H3. The maximum absolute atomic E-state index is 11.5. The first-order chi connectivity index (χ1) is 6.40. The first-order valence-electron chi connectivity index (χ1n) is 4.61. The monoisotopic (exact) mass is 220 g/mol. The molecule has 2 atom stereocenters.